The van der Waals surface area contributed by atoms with Crippen molar-refractivity contribution in [2.75, 3.05) is 20.6 Å². The van der Waals surface area contributed by atoms with Crippen LogP contribution in [-0.2, 0) is 11.2 Å². The van der Waals surface area contributed by atoms with Gasteiger partial charge in [0.2, 0.25) is 0 Å². The zero-order valence-electron chi connectivity index (χ0n) is 11.5. The molecule has 0 aliphatic carbocycles. The molecule has 1 unspecified atom stereocenters. The van der Waals surface area contributed by atoms with E-state index in [4.69, 9.17) is 5.11 Å². The van der Waals surface area contributed by atoms with Crippen LogP contribution < -0.4 is 0 Å². The number of rotatable bonds is 5. The molecule has 0 saturated carbocycles. The molecule has 2 amide bonds. The molecule has 104 valence electrons. The van der Waals surface area contributed by atoms with Crippen molar-refractivity contribution < 1.29 is 14.7 Å². The number of benzene rings is 1. The van der Waals surface area contributed by atoms with Crippen LogP contribution in [0.25, 0.3) is 0 Å². The minimum Gasteiger partial charge on any atom is -0.480 e. The molecule has 0 aliphatic heterocycles. The number of carboxylic acid groups (broad SMARTS) is 1. The van der Waals surface area contributed by atoms with Crippen molar-refractivity contribution in [1.82, 2.24) is 9.80 Å². The summed E-state index contributed by atoms with van der Waals surface area (Å²) in [4.78, 5) is 25.6. The number of amides is 2. The van der Waals surface area contributed by atoms with E-state index >= 15 is 0 Å². The number of likely N-dealkylation sites (N-methyl/N-ethyl adjacent to an activating group) is 2. The highest BCUT2D eigenvalue weighted by Crippen LogP contribution is 2.04. The fraction of sp³-hybridized carbons (Fsp3) is 0.429. The molecule has 0 heterocycles. The molecule has 19 heavy (non-hydrogen) atoms. The topological polar surface area (TPSA) is 60.9 Å². The zero-order chi connectivity index (χ0) is 14.4. The van der Waals surface area contributed by atoms with Crippen LogP contribution in [0.1, 0.15) is 12.5 Å². The summed E-state index contributed by atoms with van der Waals surface area (Å²) in [6.07, 6.45) is 0.748. The third-order valence-corrected chi connectivity index (χ3v) is 3.15. The Hall–Kier alpha value is -2.04. The van der Waals surface area contributed by atoms with E-state index in [0.29, 0.717) is 6.54 Å². The first-order valence-electron chi connectivity index (χ1n) is 6.18. The maximum atomic E-state index is 12.0. The molecule has 0 bridgehead atoms. The Labute approximate surface area is 113 Å². The molecule has 0 saturated heterocycles. The molecule has 0 radical (unpaired) electrons. The molecule has 5 nitrogen and oxygen atoms in total. The van der Waals surface area contributed by atoms with Crippen molar-refractivity contribution >= 4 is 12.0 Å². The van der Waals surface area contributed by atoms with Gasteiger partial charge in [-0.1, -0.05) is 30.3 Å². The van der Waals surface area contributed by atoms with Crippen molar-refractivity contribution in [1.29, 1.82) is 0 Å². The van der Waals surface area contributed by atoms with Crippen molar-refractivity contribution in [3.63, 3.8) is 0 Å². The Morgan fingerprint density at radius 1 is 1.21 bits per heavy atom. The molecule has 0 fully saturated rings. The number of carboxylic acids is 1. The van der Waals surface area contributed by atoms with Crippen LogP contribution in [0.3, 0.4) is 0 Å². The van der Waals surface area contributed by atoms with Gasteiger partial charge >= 0.3 is 12.0 Å². The van der Waals surface area contributed by atoms with Crippen molar-refractivity contribution in [2.24, 2.45) is 0 Å². The molecule has 5 heteroatoms. The average molecular weight is 264 g/mol. The van der Waals surface area contributed by atoms with E-state index in [-0.39, 0.29) is 6.03 Å². The van der Waals surface area contributed by atoms with E-state index in [2.05, 4.69) is 0 Å². The summed E-state index contributed by atoms with van der Waals surface area (Å²) in [6.45, 7) is 2.05. The van der Waals surface area contributed by atoms with Gasteiger partial charge in [0.1, 0.15) is 6.04 Å². The van der Waals surface area contributed by atoms with Crippen LogP contribution in [0.15, 0.2) is 30.3 Å². The lowest BCUT2D eigenvalue weighted by Gasteiger charge is -2.27. The lowest BCUT2D eigenvalue weighted by Crippen LogP contribution is -2.46. The average Bonchev–Trinajstić information content (AvgIpc) is 2.43. The third kappa shape index (κ3) is 4.28. The second kappa shape index (κ2) is 6.78. The maximum absolute atomic E-state index is 12.0. The molecule has 0 aromatic heterocycles. The molecule has 0 spiro atoms. The monoisotopic (exact) mass is 264 g/mol. The van der Waals surface area contributed by atoms with Crippen LogP contribution in [0.5, 0.6) is 0 Å². The summed E-state index contributed by atoms with van der Waals surface area (Å²) in [5, 5.41) is 8.88. The minimum atomic E-state index is -1.01. The van der Waals surface area contributed by atoms with E-state index in [1.54, 1.807) is 7.05 Å². The Morgan fingerprint density at radius 3 is 2.32 bits per heavy atom. The van der Waals surface area contributed by atoms with Crippen LogP contribution in [0, 0.1) is 0 Å². The second-order valence-corrected chi connectivity index (χ2v) is 4.56. The van der Waals surface area contributed by atoms with Gasteiger partial charge in [-0.2, -0.15) is 0 Å². The molecule has 1 N–H and O–H groups in total. The quantitative estimate of drug-likeness (QED) is 0.880. The first kappa shape index (κ1) is 15.0. The fourth-order valence-electron chi connectivity index (χ4n) is 1.64. The van der Waals surface area contributed by atoms with Gasteiger partial charge in [0.25, 0.3) is 0 Å². The summed E-state index contributed by atoms with van der Waals surface area (Å²) < 4.78 is 0. The summed E-state index contributed by atoms with van der Waals surface area (Å²) in [6, 6.07) is 8.74. The Balaban J connectivity index is 2.51. The van der Waals surface area contributed by atoms with Crippen molar-refractivity contribution in [3.8, 4) is 0 Å². The van der Waals surface area contributed by atoms with E-state index < -0.39 is 12.0 Å². The van der Waals surface area contributed by atoms with Crippen molar-refractivity contribution in [2.45, 2.75) is 19.4 Å². The van der Waals surface area contributed by atoms with Crippen LogP contribution in [0.4, 0.5) is 4.79 Å². The highest BCUT2D eigenvalue weighted by molar-refractivity contribution is 5.82. The van der Waals surface area contributed by atoms with Crippen LogP contribution in [0.2, 0.25) is 0 Å². The number of aliphatic carboxylic acids is 1. The third-order valence-electron chi connectivity index (χ3n) is 3.15. The molecule has 1 aromatic carbocycles. The first-order valence-corrected chi connectivity index (χ1v) is 6.18. The molecule has 1 rings (SSSR count). The normalized spacial score (nSPS) is 11.7. The van der Waals surface area contributed by atoms with Gasteiger partial charge in [-0.3, -0.25) is 0 Å². The molecule has 1 aromatic rings. The number of hydrogen-bond donors (Lipinski definition) is 1. The van der Waals surface area contributed by atoms with Gasteiger partial charge < -0.3 is 14.9 Å². The number of nitrogens with zero attached hydrogens (tertiary/aromatic N) is 2. The number of carbonyl (C=O) groups excluding carboxylic acids is 1. The second-order valence-electron chi connectivity index (χ2n) is 4.56. The zero-order valence-corrected chi connectivity index (χ0v) is 11.5. The van der Waals surface area contributed by atoms with Crippen LogP contribution in [-0.4, -0.2) is 53.6 Å². The van der Waals surface area contributed by atoms with Gasteiger partial charge in [0.05, 0.1) is 0 Å². The lowest BCUT2D eigenvalue weighted by atomic mass is 10.1. The molecule has 0 aliphatic rings. The van der Waals surface area contributed by atoms with E-state index in [0.717, 1.165) is 12.0 Å². The molecular formula is C14H20N2O3. The van der Waals surface area contributed by atoms with Gasteiger partial charge in [-0.15, -0.1) is 0 Å². The lowest BCUT2D eigenvalue weighted by molar-refractivity contribution is -0.141. The van der Waals surface area contributed by atoms with Crippen molar-refractivity contribution in [3.05, 3.63) is 35.9 Å². The Morgan fingerprint density at radius 2 is 1.79 bits per heavy atom. The SMILES string of the molecule is CC(C(=O)O)N(C)C(=O)N(C)CCc1ccccc1. The van der Waals surface area contributed by atoms with Crippen LogP contribution >= 0.6 is 0 Å². The number of hydrogen-bond acceptors (Lipinski definition) is 2. The summed E-state index contributed by atoms with van der Waals surface area (Å²) in [7, 11) is 3.18. The fourth-order valence-corrected chi connectivity index (χ4v) is 1.64. The summed E-state index contributed by atoms with van der Waals surface area (Å²) in [5.74, 6) is -1.01. The van der Waals surface area contributed by atoms with Gasteiger partial charge in [0.15, 0.2) is 0 Å². The Bertz CT molecular complexity index is 434. The first-order chi connectivity index (χ1) is 8.93. The van der Waals surface area contributed by atoms with E-state index in [1.807, 2.05) is 30.3 Å². The van der Waals surface area contributed by atoms with Gasteiger partial charge in [-0.05, 0) is 18.9 Å². The van der Waals surface area contributed by atoms with Gasteiger partial charge in [-0.25, -0.2) is 9.59 Å². The standard InChI is InChI=1S/C14H20N2O3/c1-11(13(17)18)16(3)14(19)15(2)10-9-12-7-5-4-6-8-12/h4-8,11H,9-10H2,1-3H3,(H,17,18). The maximum Gasteiger partial charge on any atom is 0.326 e. The molecule has 1 atom stereocenters. The van der Waals surface area contributed by atoms with E-state index in [1.165, 1.54) is 23.8 Å². The smallest absolute Gasteiger partial charge is 0.326 e. The minimum absolute atomic E-state index is 0.286. The summed E-state index contributed by atoms with van der Waals surface area (Å²) in [5.41, 5.74) is 1.15. The number of carbonyl (C=O) groups is 2. The molecular weight excluding hydrogens is 244 g/mol. The Kier molecular flexibility index (Phi) is 5.36. The predicted molar refractivity (Wildman–Crippen MR) is 73.0 cm³/mol. The highest BCUT2D eigenvalue weighted by atomic mass is 16.4. The number of urea groups is 1. The van der Waals surface area contributed by atoms with Gasteiger partial charge in [0, 0.05) is 20.6 Å². The largest absolute Gasteiger partial charge is 0.480 e. The van der Waals surface area contributed by atoms with E-state index in [9.17, 15) is 9.59 Å². The highest BCUT2D eigenvalue weighted by Gasteiger charge is 2.23. The predicted octanol–water partition coefficient (Wildman–Crippen LogP) is 1.69. The summed E-state index contributed by atoms with van der Waals surface area (Å²) >= 11 is 0.